The minimum Gasteiger partial charge on any atom is -0.353 e. The Kier molecular flexibility index (Phi) is 7.17. The van der Waals surface area contributed by atoms with Crippen LogP contribution >= 0.6 is 23.2 Å². The zero-order valence-corrected chi connectivity index (χ0v) is 14.5. The lowest BCUT2D eigenvalue weighted by Crippen LogP contribution is -2.42. The third kappa shape index (κ3) is 5.70. The van der Waals surface area contributed by atoms with Gasteiger partial charge in [0.2, 0.25) is 5.91 Å². The molecule has 2 rings (SSSR count). The molecule has 0 unspecified atom stereocenters. The lowest BCUT2D eigenvalue weighted by Gasteiger charge is -2.23. The van der Waals surface area contributed by atoms with Crippen LogP contribution in [-0.4, -0.2) is 32.1 Å². The zero-order valence-electron chi connectivity index (χ0n) is 13.0. The van der Waals surface area contributed by atoms with Crippen molar-refractivity contribution >= 4 is 34.8 Å². The molecule has 0 spiro atoms. The molecule has 0 aromatic heterocycles. The van der Waals surface area contributed by atoms with E-state index in [0.717, 1.165) is 31.5 Å². The van der Waals surface area contributed by atoms with E-state index in [1.165, 1.54) is 7.11 Å². The van der Waals surface area contributed by atoms with Crippen LogP contribution in [0.15, 0.2) is 24.3 Å². The van der Waals surface area contributed by atoms with Crippen molar-refractivity contribution < 1.29 is 9.63 Å². The van der Waals surface area contributed by atoms with Crippen molar-refractivity contribution in [1.29, 1.82) is 0 Å². The van der Waals surface area contributed by atoms with E-state index in [0.29, 0.717) is 15.7 Å². The second-order valence-corrected chi connectivity index (χ2v) is 6.16. The molecule has 23 heavy (non-hydrogen) atoms. The second kappa shape index (κ2) is 9.13. The fourth-order valence-corrected chi connectivity index (χ4v) is 2.74. The van der Waals surface area contributed by atoms with Crippen LogP contribution in [0.3, 0.4) is 0 Å². The third-order valence-electron chi connectivity index (χ3n) is 3.64. The van der Waals surface area contributed by atoms with Crippen LogP contribution in [0.2, 0.25) is 10.0 Å². The molecule has 0 bridgehead atoms. The Morgan fingerprint density at radius 1 is 1.35 bits per heavy atom. The fraction of sp³-hybridized carbons (Fsp3) is 0.438. The zero-order chi connectivity index (χ0) is 16.7. The van der Waals surface area contributed by atoms with E-state index in [9.17, 15) is 4.79 Å². The minimum atomic E-state index is -0.00707. The highest BCUT2D eigenvalue weighted by Crippen LogP contribution is 2.25. The van der Waals surface area contributed by atoms with Crippen molar-refractivity contribution in [3.8, 4) is 0 Å². The molecule has 1 aliphatic heterocycles. The highest BCUT2D eigenvalue weighted by Gasteiger charge is 2.15. The summed E-state index contributed by atoms with van der Waals surface area (Å²) in [5, 5.41) is 7.26. The van der Waals surface area contributed by atoms with E-state index in [1.54, 1.807) is 18.2 Å². The second-order valence-electron chi connectivity index (χ2n) is 5.35. The number of hydrogen-bond acceptors (Lipinski definition) is 4. The summed E-state index contributed by atoms with van der Waals surface area (Å²) in [6.45, 7) is 1.89. The van der Waals surface area contributed by atoms with Crippen LogP contribution in [-0.2, 0) is 9.63 Å². The number of nitrogens with one attached hydrogen (secondary N) is 3. The molecule has 3 N–H and O–H groups in total. The summed E-state index contributed by atoms with van der Waals surface area (Å²) < 4.78 is 0. The maximum atomic E-state index is 12.1. The predicted molar refractivity (Wildman–Crippen MR) is 93.2 cm³/mol. The van der Waals surface area contributed by atoms with Crippen molar-refractivity contribution in [2.75, 3.05) is 20.2 Å². The molecule has 1 aromatic rings. The summed E-state index contributed by atoms with van der Waals surface area (Å²) in [5.41, 5.74) is 4.25. The molecule has 0 radical (unpaired) electrons. The number of hydroxylamine groups is 1. The fourth-order valence-electron chi connectivity index (χ4n) is 2.44. The van der Waals surface area contributed by atoms with Crippen LogP contribution < -0.4 is 16.1 Å². The monoisotopic (exact) mass is 357 g/mol. The maximum absolute atomic E-state index is 12.1. The van der Waals surface area contributed by atoms with Crippen molar-refractivity contribution in [3.05, 3.63) is 39.9 Å². The number of amides is 1. The van der Waals surface area contributed by atoms with Gasteiger partial charge < -0.3 is 10.6 Å². The minimum absolute atomic E-state index is 0.00707. The van der Waals surface area contributed by atoms with Gasteiger partial charge in [0.05, 0.1) is 22.9 Å². The molecular formula is C16H21Cl2N3O2. The summed E-state index contributed by atoms with van der Waals surface area (Å²) >= 11 is 12.0. The molecule has 1 aliphatic rings. The van der Waals surface area contributed by atoms with Gasteiger partial charge in [-0.25, -0.2) is 0 Å². The van der Waals surface area contributed by atoms with Gasteiger partial charge >= 0.3 is 0 Å². The Morgan fingerprint density at radius 2 is 2.09 bits per heavy atom. The summed E-state index contributed by atoms with van der Waals surface area (Å²) in [6, 6.07) is 5.50. The van der Waals surface area contributed by atoms with Crippen molar-refractivity contribution in [2.24, 2.45) is 0 Å². The third-order valence-corrected chi connectivity index (χ3v) is 4.38. The first-order valence-corrected chi connectivity index (χ1v) is 8.30. The number of piperidine rings is 1. The quantitative estimate of drug-likeness (QED) is 0.685. The largest absolute Gasteiger partial charge is 0.353 e. The average molecular weight is 358 g/mol. The first kappa shape index (κ1) is 18.1. The van der Waals surface area contributed by atoms with E-state index in [4.69, 9.17) is 28.0 Å². The van der Waals surface area contributed by atoms with E-state index < -0.39 is 0 Å². The number of halogens is 2. The molecule has 1 saturated heterocycles. The number of carbonyl (C=O) groups excluding carboxylic acids is 1. The summed E-state index contributed by atoms with van der Waals surface area (Å²) in [5.74, 6) is -0.00707. The van der Waals surface area contributed by atoms with Crippen LogP contribution in [0.1, 0.15) is 24.8 Å². The lowest BCUT2D eigenvalue weighted by atomic mass is 10.1. The Morgan fingerprint density at radius 3 is 2.74 bits per heavy atom. The number of carbonyl (C=O) groups is 1. The number of rotatable bonds is 6. The molecular weight excluding hydrogens is 337 g/mol. The van der Waals surface area contributed by atoms with Crippen LogP contribution in [0.25, 0.3) is 5.70 Å². The van der Waals surface area contributed by atoms with Crippen molar-refractivity contribution in [2.45, 2.75) is 25.3 Å². The van der Waals surface area contributed by atoms with E-state index in [1.807, 2.05) is 6.07 Å². The standard InChI is InChI=1S/C16H21Cl2N3O2/c1-23-21-15(11-2-3-13(17)14(18)10-11)4-5-16(22)20-12-6-8-19-9-7-12/h2-4,10,12,19,21H,5-9H2,1H3,(H,20,22). The van der Waals surface area contributed by atoms with Gasteiger partial charge in [0.15, 0.2) is 0 Å². The van der Waals surface area contributed by atoms with Gasteiger partial charge in [-0.2, -0.15) is 0 Å². The van der Waals surface area contributed by atoms with Crippen LogP contribution in [0, 0.1) is 0 Å². The van der Waals surface area contributed by atoms with E-state index >= 15 is 0 Å². The molecule has 0 saturated carbocycles. The molecule has 1 aromatic carbocycles. The smallest absolute Gasteiger partial charge is 0.224 e. The topological polar surface area (TPSA) is 62.4 Å². The summed E-state index contributed by atoms with van der Waals surface area (Å²) in [6.07, 6.45) is 3.96. The Bertz CT molecular complexity index is 572. The molecule has 1 heterocycles. The number of benzene rings is 1. The molecule has 0 atom stereocenters. The molecule has 5 nitrogen and oxygen atoms in total. The van der Waals surface area contributed by atoms with E-state index in [2.05, 4.69) is 16.1 Å². The summed E-state index contributed by atoms with van der Waals surface area (Å²) in [4.78, 5) is 17.1. The van der Waals surface area contributed by atoms with Crippen molar-refractivity contribution in [3.63, 3.8) is 0 Å². The Balaban J connectivity index is 1.99. The SMILES string of the molecule is CONC(=CCC(=O)NC1CCNCC1)c1ccc(Cl)c(Cl)c1. The van der Waals surface area contributed by atoms with E-state index in [-0.39, 0.29) is 18.4 Å². The normalized spacial score (nSPS) is 16.2. The maximum Gasteiger partial charge on any atom is 0.224 e. The van der Waals surface area contributed by atoms with Crippen molar-refractivity contribution in [1.82, 2.24) is 16.1 Å². The lowest BCUT2D eigenvalue weighted by molar-refractivity contribution is -0.121. The van der Waals surface area contributed by atoms with Gasteiger partial charge in [-0.05, 0) is 44.1 Å². The molecule has 7 heteroatoms. The molecule has 0 aliphatic carbocycles. The van der Waals surface area contributed by atoms with Gasteiger partial charge in [0, 0.05) is 18.0 Å². The van der Waals surface area contributed by atoms with Gasteiger partial charge in [-0.1, -0.05) is 29.3 Å². The Labute approximate surface area is 146 Å². The highest BCUT2D eigenvalue weighted by molar-refractivity contribution is 6.42. The van der Waals surface area contributed by atoms with Gasteiger partial charge in [0.1, 0.15) is 0 Å². The van der Waals surface area contributed by atoms with Gasteiger partial charge in [0.25, 0.3) is 0 Å². The predicted octanol–water partition coefficient (Wildman–Crippen LogP) is 2.74. The molecule has 1 amide bonds. The van der Waals surface area contributed by atoms with Crippen LogP contribution in [0.5, 0.6) is 0 Å². The first-order valence-electron chi connectivity index (χ1n) is 7.55. The average Bonchev–Trinajstić information content (AvgIpc) is 2.55. The Hall–Kier alpha value is -1.27. The van der Waals surface area contributed by atoms with Crippen LogP contribution in [0.4, 0.5) is 0 Å². The number of hydrogen-bond donors (Lipinski definition) is 3. The molecule has 126 valence electrons. The molecule has 1 fully saturated rings. The summed E-state index contributed by atoms with van der Waals surface area (Å²) in [7, 11) is 1.51. The first-order chi connectivity index (χ1) is 11.1. The van der Waals surface area contributed by atoms with Gasteiger partial charge in [-0.15, -0.1) is 0 Å². The highest BCUT2D eigenvalue weighted by atomic mass is 35.5. The van der Waals surface area contributed by atoms with Gasteiger partial charge in [-0.3, -0.25) is 15.1 Å².